The highest BCUT2D eigenvalue weighted by molar-refractivity contribution is 6.06. The lowest BCUT2D eigenvalue weighted by Gasteiger charge is -2.24. The number of anilines is 1. The number of hydrogen-bond acceptors (Lipinski definition) is 5. The maximum Gasteiger partial charge on any atom is 0.573 e. The first-order valence-corrected chi connectivity index (χ1v) is 9.81. The summed E-state index contributed by atoms with van der Waals surface area (Å²) >= 11 is 0. The number of fused-ring (bicyclic) bond motifs is 1. The molecule has 1 amide bonds. The first kappa shape index (κ1) is 21.6. The smallest absolute Gasteiger partial charge is 0.406 e. The Kier molecular flexibility index (Phi) is 5.70. The zero-order chi connectivity index (χ0) is 22.9. The van der Waals surface area contributed by atoms with Crippen molar-refractivity contribution in [2.24, 2.45) is 5.73 Å². The highest BCUT2D eigenvalue weighted by atomic mass is 19.4. The SMILES string of the molecule is N[C@H]1CCc2c(ccc(NC(=O)c3cnn(-c4ccc(OC(F)(F)F)cc4)c3)c2C=O)C1. The van der Waals surface area contributed by atoms with Crippen LogP contribution in [0.3, 0.4) is 0 Å². The van der Waals surface area contributed by atoms with E-state index in [9.17, 15) is 22.8 Å². The maximum absolute atomic E-state index is 12.7. The van der Waals surface area contributed by atoms with Crippen LogP contribution in [-0.2, 0) is 12.8 Å². The molecule has 0 radical (unpaired) electrons. The van der Waals surface area contributed by atoms with Crippen molar-refractivity contribution in [3.05, 3.63) is 71.0 Å². The fourth-order valence-electron chi connectivity index (χ4n) is 3.73. The van der Waals surface area contributed by atoms with Crippen LogP contribution in [0.5, 0.6) is 5.75 Å². The Morgan fingerprint density at radius 1 is 1.22 bits per heavy atom. The number of nitrogens with zero attached hydrogens (tertiary/aromatic N) is 2. The number of rotatable bonds is 5. The molecule has 1 aliphatic rings. The largest absolute Gasteiger partial charge is 0.573 e. The molecular weight excluding hydrogens is 425 g/mol. The van der Waals surface area contributed by atoms with Gasteiger partial charge in [0.15, 0.2) is 6.29 Å². The van der Waals surface area contributed by atoms with E-state index in [-0.39, 0.29) is 17.4 Å². The van der Waals surface area contributed by atoms with Gasteiger partial charge in [-0.15, -0.1) is 13.2 Å². The number of aromatic nitrogens is 2. The first-order valence-electron chi connectivity index (χ1n) is 9.81. The third-order valence-electron chi connectivity index (χ3n) is 5.25. The fourth-order valence-corrected chi connectivity index (χ4v) is 3.73. The van der Waals surface area contributed by atoms with Crippen molar-refractivity contribution in [3.63, 3.8) is 0 Å². The Hall–Kier alpha value is -3.66. The molecule has 3 aromatic rings. The minimum absolute atomic E-state index is 0.0578. The second-order valence-corrected chi connectivity index (χ2v) is 7.45. The molecule has 1 atom stereocenters. The van der Waals surface area contributed by atoms with Gasteiger partial charge in [0.05, 0.1) is 23.1 Å². The van der Waals surface area contributed by atoms with Gasteiger partial charge in [0, 0.05) is 17.8 Å². The molecule has 32 heavy (non-hydrogen) atoms. The van der Waals surface area contributed by atoms with E-state index in [1.165, 1.54) is 29.2 Å². The summed E-state index contributed by atoms with van der Waals surface area (Å²) in [5.41, 5.74) is 9.41. The molecule has 0 unspecified atom stereocenters. The quantitative estimate of drug-likeness (QED) is 0.586. The molecular formula is C22H19F3N4O3. The zero-order valence-corrected chi connectivity index (χ0v) is 16.7. The van der Waals surface area contributed by atoms with Crippen molar-refractivity contribution in [3.8, 4) is 11.4 Å². The highest BCUT2D eigenvalue weighted by Gasteiger charge is 2.31. The van der Waals surface area contributed by atoms with Crippen molar-refractivity contribution in [1.29, 1.82) is 0 Å². The minimum atomic E-state index is -4.78. The lowest BCUT2D eigenvalue weighted by molar-refractivity contribution is -0.274. The minimum Gasteiger partial charge on any atom is -0.406 e. The predicted molar refractivity (Wildman–Crippen MR) is 110 cm³/mol. The van der Waals surface area contributed by atoms with Crippen LogP contribution in [0.1, 0.15) is 38.3 Å². The number of nitrogens with one attached hydrogen (secondary N) is 1. The molecule has 0 aliphatic heterocycles. The molecule has 0 fully saturated rings. The molecule has 1 aromatic heterocycles. The van der Waals surface area contributed by atoms with Gasteiger partial charge in [-0.2, -0.15) is 5.10 Å². The summed E-state index contributed by atoms with van der Waals surface area (Å²) in [6.07, 6.45) is 0.844. The summed E-state index contributed by atoms with van der Waals surface area (Å²) in [6, 6.07) is 8.68. The van der Waals surface area contributed by atoms with Gasteiger partial charge >= 0.3 is 6.36 Å². The number of nitrogens with two attached hydrogens (primary N) is 1. The van der Waals surface area contributed by atoms with E-state index >= 15 is 0 Å². The zero-order valence-electron chi connectivity index (χ0n) is 16.7. The molecule has 2 aromatic carbocycles. The van der Waals surface area contributed by atoms with E-state index in [1.54, 1.807) is 6.07 Å². The van der Waals surface area contributed by atoms with Crippen molar-refractivity contribution >= 4 is 17.9 Å². The molecule has 1 aliphatic carbocycles. The van der Waals surface area contributed by atoms with Crippen LogP contribution in [0, 0.1) is 0 Å². The number of carbonyl (C=O) groups excluding carboxylic acids is 2. The van der Waals surface area contributed by atoms with E-state index in [4.69, 9.17) is 5.73 Å². The normalized spacial score (nSPS) is 15.7. The molecule has 4 rings (SSSR count). The lowest BCUT2D eigenvalue weighted by atomic mass is 9.85. The van der Waals surface area contributed by atoms with E-state index in [2.05, 4.69) is 15.2 Å². The second kappa shape index (κ2) is 8.46. The number of halogens is 3. The molecule has 10 heteroatoms. The molecule has 3 N–H and O–H groups in total. The Morgan fingerprint density at radius 3 is 2.66 bits per heavy atom. The number of aldehydes is 1. The van der Waals surface area contributed by atoms with Crippen LogP contribution in [0.25, 0.3) is 5.69 Å². The number of ether oxygens (including phenoxy) is 1. The monoisotopic (exact) mass is 444 g/mol. The van der Waals surface area contributed by atoms with Crippen LogP contribution >= 0.6 is 0 Å². The van der Waals surface area contributed by atoms with Crippen molar-refractivity contribution in [1.82, 2.24) is 9.78 Å². The van der Waals surface area contributed by atoms with Crippen LogP contribution in [0.4, 0.5) is 18.9 Å². The van der Waals surface area contributed by atoms with Crippen LogP contribution in [0.2, 0.25) is 0 Å². The summed E-state index contributed by atoms with van der Waals surface area (Å²) in [5, 5.41) is 6.82. The van der Waals surface area contributed by atoms with Crippen LogP contribution < -0.4 is 15.8 Å². The molecule has 0 saturated heterocycles. The average Bonchev–Trinajstić information content (AvgIpc) is 3.23. The van der Waals surface area contributed by atoms with Gasteiger partial charge in [0.2, 0.25) is 0 Å². The molecule has 166 valence electrons. The topological polar surface area (TPSA) is 99.2 Å². The number of alkyl halides is 3. The van der Waals surface area contributed by atoms with Gasteiger partial charge in [0.25, 0.3) is 5.91 Å². The third-order valence-corrected chi connectivity index (χ3v) is 5.25. The van der Waals surface area contributed by atoms with Crippen molar-refractivity contribution < 1.29 is 27.5 Å². The van der Waals surface area contributed by atoms with E-state index in [1.807, 2.05) is 6.07 Å². The van der Waals surface area contributed by atoms with Gasteiger partial charge < -0.3 is 15.8 Å². The predicted octanol–water partition coefficient (Wildman–Crippen LogP) is 3.65. The number of hydrogen-bond donors (Lipinski definition) is 2. The Bertz CT molecular complexity index is 1160. The van der Waals surface area contributed by atoms with Gasteiger partial charge in [0.1, 0.15) is 5.75 Å². The van der Waals surface area contributed by atoms with Crippen molar-refractivity contribution in [2.45, 2.75) is 31.7 Å². The summed E-state index contributed by atoms with van der Waals surface area (Å²) in [4.78, 5) is 24.4. The van der Waals surface area contributed by atoms with E-state index < -0.39 is 12.3 Å². The Morgan fingerprint density at radius 2 is 1.97 bits per heavy atom. The molecule has 1 heterocycles. The first-order chi connectivity index (χ1) is 15.2. The van der Waals surface area contributed by atoms with Gasteiger partial charge in [-0.3, -0.25) is 9.59 Å². The van der Waals surface area contributed by atoms with Crippen LogP contribution in [0.15, 0.2) is 48.8 Å². The lowest BCUT2D eigenvalue weighted by Crippen LogP contribution is -2.28. The number of carbonyl (C=O) groups is 2. The van der Waals surface area contributed by atoms with Gasteiger partial charge in [-0.25, -0.2) is 4.68 Å². The fraction of sp³-hybridized carbons (Fsp3) is 0.227. The molecule has 0 saturated carbocycles. The van der Waals surface area contributed by atoms with Gasteiger partial charge in [-0.05, 0) is 60.7 Å². The standard InChI is InChI=1S/C22H19F3N4O3/c23-22(24,25)32-17-5-3-16(4-6-17)29-11-14(10-27-29)21(31)28-20-8-1-13-9-15(26)2-7-18(13)19(20)12-30/h1,3-6,8,10-12,15H,2,7,9,26H2,(H,28,31)/t15-/m0/s1. The maximum atomic E-state index is 12.7. The Balaban J connectivity index is 1.51. The summed E-state index contributed by atoms with van der Waals surface area (Å²) in [6.45, 7) is 0. The summed E-state index contributed by atoms with van der Waals surface area (Å²) in [5.74, 6) is -0.829. The number of amides is 1. The molecule has 0 bridgehead atoms. The Labute approximate surface area is 181 Å². The van der Waals surface area contributed by atoms with E-state index in [0.29, 0.717) is 29.8 Å². The van der Waals surface area contributed by atoms with Crippen molar-refractivity contribution in [2.75, 3.05) is 5.32 Å². The summed E-state index contributed by atoms with van der Waals surface area (Å²) in [7, 11) is 0. The van der Waals surface area contributed by atoms with Crippen LogP contribution in [-0.4, -0.2) is 34.4 Å². The molecule has 7 nitrogen and oxygen atoms in total. The van der Waals surface area contributed by atoms with E-state index in [0.717, 1.165) is 36.0 Å². The second-order valence-electron chi connectivity index (χ2n) is 7.45. The third kappa shape index (κ3) is 4.65. The average molecular weight is 444 g/mol. The number of benzene rings is 2. The summed E-state index contributed by atoms with van der Waals surface area (Å²) < 4.78 is 42.1. The van der Waals surface area contributed by atoms with Gasteiger partial charge in [-0.1, -0.05) is 6.07 Å². The highest BCUT2D eigenvalue weighted by Crippen LogP contribution is 2.29. The molecule has 0 spiro atoms.